The van der Waals surface area contributed by atoms with Gasteiger partial charge >= 0.3 is 5.97 Å². The minimum atomic E-state index is -0.485. The minimum absolute atomic E-state index is 0.179. The lowest BCUT2D eigenvalue weighted by Gasteiger charge is -2.12. The lowest BCUT2D eigenvalue weighted by atomic mass is 10.2. The first-order chi connectivity index (χ1) is 11.5. The molecule has 0 bridgehead atoms. The molecule has 128 valence electrons. The zero-order chi connectivity index (χ0) is 17.7. The second-order valence-corrected chi connectivity index (χ2v) is 6.36. The van der Waals surface area contributed by atoms with Crippen LogP contribution in [0.15, 0.2) is 23.1 Å². The number of rotatable bonds is 6. The molecule has 1 fully saturated rings. The van der Waals surface area contributed by atoms with Crippen LogP contribution in [0.1, 0.15) is 12.5 Å². The molecule has 1 heterocycles. The van der Waals surface area contributed by atoms with Crippen molar-refractivity contribution in [2.24, 2.45) is 0 Å². The van der Waals surface area contributed by atoms with Gasteiger partial charge in [-0.25, -0.2) is 0 Å². The van der Waals surface area contributed by atoms with Gasteiger partial charge in [-0.1, -0.05) is 30.0 Å². The molecule has 1 aliphatic rings. The van der Waals surface area contributed by atoms with Crippen LogP contribution in [0.2, 0.25) is 0 Å². The number of carbonyl (C=O) groups excluding carboxylic acids is 2. The predicted molar refractivity (Wildman–Crippen MR) is 96.1 cm³/mol. The Hall–Kier alpha value is -2.06. The lowest BCUT2D eigenvalue weighted by Crippen LogP contribution is -2.34. The van der Waals surface area contributed by atoms with Crippen molar-refractivity contribution in [3.05, 3.63) is 28.7 Å². The summed E-state index contributed by atoms with van der Waals surface area (Å²) in [7, 11) is 3.10. The summed E-state index contributed by atoms with van der Waals surface area (Å²) < 4.78 is 15.6. The summed E-state index contributed by atoms with van der Waals surface area (Å²) in [5.74, 6) is 0.367. The molecule has 1 aromatic carbocycles. The van der Waals surface area contributed by atoms with Crippen molar-refractivity contribution < 1.29 is 23.8 Å². The number of thioether (sulfide) groups is 1. The Bertz CT molecular complexity index is 702. The molecule has 1 amide bonds. The normalized spacial score (nSPS) is 15.8. The maximum atomic E-state index is 12.4. The smallest absolute Gasteiger partial charge is 0.326 e. The van der Waals surface area contributed by atoms with Gasteiger partial charge in [-0.3, -0.25) is 14.5 Å². The lowest BCUT2D eigenvalue weighted by molar-refractivity contribution is -0.145. The van der Waals surface area contributed by atoms with E-state index < -0.39 is 5.97 Å². The molecule has 0 unspecified atom stereocenters. The Morgan fingerprint density at radius 1 is 1.29 bits per heavy atom. The van der Waals surface area contributed by atoms with Crippen molar-refractivity contribution in [3.63, 3.8) is 0 Å². The van der Waals surface area contributed by atoms with E-state index in [0.717, 1.165) is 17.3 Å². The summed E-state index contributed by atoms with van der Waals surface area (Å²) in [6, 6.07) is 5.32. The highest BCUT2D eigenvalue weighted by atomic mass is 32.2. The second-order valence-electron chi connectivity index (χ2n) is 4.69. The third kappa shape index (κ3) is 4.07. The van der Waals surface area contributed by atoms with Crippen LogP contribution in [0.25, 0.3) is 6.08 Å². The van der Waals surface area contributed by atoms with Crippen molar-refractivity contribution in [3.8, 4) is 11.5 Å². The SMILES string of the molecule is CCOC(=O)CN1C(=O)C(=Cc2ccc(OC)c(OC)c2)SC1=S. The van der Waals surface area contributed by atoms with Crippen LogP contribution >= 0.6 is 24.0 Å². The van der Waals surface area contributed by atoms with Gasteiger partial charge in [0.15, 0.2) is 11.5 Å². The van der Waals surface area contributed by atoms with Crippen molar-refractivity contribution in [1.82, 2.24) is 4.90 Å². The van der Waals surface area contributed by atoms with Gasteiger partial charge < -0.3 is 14.2 Å². The first-order valence-corrected chi connectivity index (χ1v) is 8.35. The Morgan fingerprint density at radius 2 is 2.00 bits per heavy atom. The minimum Gasteiger partial charge on any atom is -0.493 e. The zero-order valence-electron chi connectivity index (χ0n) is 13.5. The van der Waals surface area contributed by atoms with Crippen LogP contribution in [0, 0.1) is 0 Å². The molecular formula is C16H17NO5S2. The molecule has 0 aliphatic carbocycles. The fourth-order valence-corrected chi connectivity index (χ4v) is 3.32. The third-order valence-corrected chi connectivity index (χ3v) is 4.55. The predicted octanol–water partition coefficient (Wildman–Crippen LogP) is 2.47. The van der Waals surface area contributed by atoms with Crippen LogP contribution in [0.3, 0.4) is 0 Å². The molecule has 8 heteroatoms. The van der Waals surface area contributed by atoms with Crippen LogP contribution in [-0.2, 0) is 14.3 Å². The van der Waals surface area contributed by atoms with E-state index in [0.29, 0.717) is 20.7 Å². The maximum absolute atomic E-state index is 12.4. The quantitative estimate of drug-likeness (QED) is 0.435. The van der Waals surface area contributed by atoms with E-state index in [4.69, 9.17) is 26.4 Å². The molecule has 1 saturated heterocycles. The van der Waals surface area contributed by atoms with Crippen molar-refractivity contribution >= 4 is 46.3 Å². The summed E-state index contributed by atoms with van der Waals surface area (Å²) in [4.78, 5) is 25.7. The third-order valence-electron chi connectivity index (χ3n) is 3.17. The number of nitrogens with zero attached hydrogens (tertiary/aromatic N) is 1. The number of esters is 1. The van der Waals surface area contributed by atoms with E-state index in [1.165, 1.54) is 4.90 Å². The number of thiocarbonyl (C=S) groups is 1. The molecule has 1 aromatic rings. The summed E-state index contributed by atoms with van der Waals surface area (Å²) in [5.41, 5.74) is 0.768. The van der Waals surface area contributed by atoms with Crippen LogP contribution < -0.4 is 9.47 Å². The fraction of sp³-hybridized carbons (Fsp3) is 0.312. The first-order valence-electron chi connectivity index (χ1n) is 7.13. The number of hydrogen-bond donors (Lipinski definition) is 0. The van der Waals surface area contributed by atoms with Gasteiger partial charge in [-0.05, 0) is 30.7 Å². The zero-order valence-corrected chi connectivity index (χ0v) is 15.2. The van der Waals surface area contributed by atoms with Crippen LogP contribution in [-0.4, -0.2) is 48.5 Å². The number of carbonyl (C=O) groups is 2. The molecule has 0 spiro atoms. The highest BCUT2D eigenvalue weighted by Gasteiger charge is 2.33. The van der Waals surface area contributed by atoms with E-state index in [1.807, 2.05) is 0 Å². The monoisotopic (exact) mass is 367 g/mol. The molecule has 2 rings (SSSR count). The van der Waals surface area contributed by atoms with Crippen LogP contribution in [0.5, 0.6) is 11.5 Å². The highest BCUT2D eigenvalue weighted by molar-refractivity contribution is 8.26. The van der Waals surface area contributed by atoms with Gasteiger partial charge in [0, 0.05) is 0 Å². The molecule has 6 nitrogen and oxygen atoms in total. The summed E-state index contributed by atoms with van der Waals surface area (Å²) >= 11 is 6.33. The van der Waals surface area contributed by atoms with Crippen molar-refractivity contribution in [2.45, 2.75) is 6.92 Å². The van der Waals surface area contributed by atoms with E-state index in [-0.39, 0.29) is 19.1 Å². The van der Waals surface area contributed by atoms with Crippen molar-refractivity contribution in [2.75, 3.05) is 27.4 Å². The standard InChI is InChI=1S/C16H17NO5S2/c1-4-22-14(18)9-17-15(19)13(24-16(17)23)8-10-5-6-11(20-2)12(7-10)21-3/h5-8H,4,9H2,1-3H3. The van der Waals surface area contributed by atoms with E-state index in [9.17, 15) is 9.59 Å². The average Bonchev–Trinajstić information content (AvgIpc) is 2.82. The number of methoxy groups -OCH3 is 2. The maximum Gasteiger partial charge on any atom is 0.326 e. The average molecular weight is 367 g/mol. The Morgan fingerprint density at radius 3 is 2.62 bits per heavy atom. The van der Waals surface area contributed by atoms with Gasteiger partial charge in [-0.2, -0.15) is 0 Å². The summed E-state index contributed by atoms with van der Waals surface area (Å²) in [6.07, 6.45) is 1.70. The van der Waals surface area contributed by atoms with E-state index in [2.05, 4.69) is 0 Å². The fourth-order valence-electron chi connectivity index (χ4n) is 2.07. The van der Waals surface area contributed by atoms with Gasteiger partial charge in [0.25, 0.3) is 5.91 Å². The topological polar surface area (TPSA) is 65.1 Å². The van der Waals surface area contributed by atoms with Crippen molar-refractivity contribution in [1.29, 1.82) is 0 Å². The number of ether oxygens (including phenoxy) is 3. The van der Waals surface area contributed by atoms with Crippen LogP contribution in [0.4, 0.5) is 0 Å². The summed E-state index contributed by atoms with van der Waals surface area (Å²) in [6.45, 7) is 1.79. The largest absolute Gasteiger partial charge is 0.493 e. The molecular weight excluding hydrogens is 350 g/mol. The van der Waals surface area contributed by atoms with E-state index in [1.54, 1.807) is 45.4 Å². The Balaban J connectivity index is 2.21. The van der Waals surface area contributed by atoms with Gasteiger partial charge in [0.2, 0.25) is 0 Å². The number of amides is 1. The first kappa shape index (κ1) is 18.3. The molecule has 1 aliphatic heterocycles. The highest BCUT2D eigenvalue weighted by Crippen LogP contribution is 2.34. The molecule has 24 heavy (non-hydrogen) atoms. The molecule has 0 N–H and O–H groups in total. The molecule has 0 atom stereocenters. The van der Waals surface area contributed by atoms with Gasteiger partial charge in [-0.15, -0.1) is 0 Å². The van der Waals surface area contributed by atoms with E-state index >= 15 is 0 Å². The molecule has 0 saturated carbocycles. The number of hydrogen-bond acceptors (Lipinski definition) is 7. The second kappa shape index (κ2) is 8.16. The molecule has 0 aromatic heterocycles. The summed E-state index contributed by atoms with van der Waals surface area (Å²) in [5, 5.41) is 0. The Kier molecular flexibility index (Phi) is 6.22. The van der Waals surface area contributed by atoms with Gasteiger partial charge in [0.1, 0.15) is 10.9 Å². The molecule has 0 radical (unpaired) electrons. The number of benzene rings is 1. The van der Waals surface area contributed by atoms with Gasteiger partial charge in [0.05, 0.1) is 25.7 Å². The Labute approximate surface area is 149 Å².